The molecule has 0 bridgehead atoms. The zero-order chi connectivity index (χ0) is 14.0. The van der Waals surface area contributed by atoms with E-state index in [-0.39, 0.29) is 12.1 Å². The van der Waals surface area contributed by atoms with Crippen molar-refractivity contribution in [1.29, 1.82) is 0 Å². The maximum Gasteiger partial charge on any atom is 0.339 e. The lowest BCUT2D eigenvalue weighted by molar-refractivity contribution is 0.0697. The highest BCUT2D eigenvalue weighted by Crippen LogP contribution is 2.28. The molecule has 0 saturated carbocycles. The van der Waals surface area contributed by atoms with E-state index in [0.717, 1.165) is 0 Å². The van der Waals surface area contributed by atoms with Crippen molar-refractivity contribution in [2.45, 2.75) is 13.0 Å². The number of nitrogens with zero attached hydrogens (tertiary/aromatic N) is 1. The Morgan fingerprint density at radius 1 is 1.53 bits per heavy atom. The third kappa shape index (κ3) is 2.94. The van der Waals surface area contributed by atoms with Crippen LogP contribution in [0, 0.1) is 0 Å². The van der Waals surface area contributed by atoms with Crippen LogP contribution in [0.3, 0.4) is 0 Å². The number of fused-ring (bicyclic) bond motifs is 1. The minimum atomic E-state index is -1.08. The largest absolute Gasteiger partial charge is 0.478 e. The van der Waals surface area contributed by atoms with Crippen molar-refractivity contribution in [3.63, 3.8) is 0 Å². The molecule has 0 radical (unpaired) electrons. The highest BCUT2D eigenvalue weighted by molar-refractivity contribution is 6.31. The first-order chi connectivity index (χ1) is 8.99. The number of hydrogen-bond donors (Lipinski definition) is 3. The summed E-state index contributed by atoms with van der Waals surface area (Å²) in [6.45, 7) is 1.86. The lowest BCUT2D eigenvalue weighted by Gasteiger charge is -2.13. The Hall–Kier alpha value is -1.85. The molecule has 5 nitrogen and oxygen atoms in total. The van der Waals surface area contributed by atoms with E-state index in [2.05, 4.69) is 10.3 Å². The fourth-order valence-corrected chi connectivity index (χ4v) is 1.94. The van der Waals surface area contributed by atoms with Crippen molar-refractivity contribution in [1.82, 2.24) is 4.98 Å². The fraction of sp³-hybridized carbons (Fsp3) is 0.231. The summed E-state index contributed by atoms with van der Waals surface area (Å²) in [5, 5.41) is 22.6. The molecular weight excluding hydrogens is 268 g/mol. The predicted molar refractivity (Wildman–Crippen MR) is 73.9 cm³/mol. The molecule has 0 aliphatic rings. The molecule has 0 saturated heterocycles. The third-order valence-corrected chi connectivity index (χ3v) is 2.87. The van der Waals surface area contributed by atoms with E-state index in [1.165, 1.54) is 6.20 Å². The van der Waals surface area contributed by atoms with Crippen molar-refractivity contribution < 1.29 is 15.0 Å². The highest BCUT2D eigenvalue weighted by Gasteiger charge is 2.15. The number of aliphatic hydroxyl groups is 1. The lowest BCUT2D eigenvalue weighted by atomic mass is 10.1. The van der Waals surface area contributed by atoms with Crippen LogP contribution in [0.4, 0.5) is 5.69 Å². The zero-order valence-electron chi connectivity index (χ0n) is 10.2. The van der Waals surface area contributed by atoms with Gasteiger partial charge in [0.2, 0.25) is 0 Å². The van der Waals surface area contributed by atoms with E-state index in [4.69, 9.17) is 11.6 Å². The number of halogens is 1. The van der Waals surface area contributed by atoms with Crippen molar-refractivity contribution in [2.24, 2.45) is 0 Å². The molecule has 1 heterocycles. The van der Waals surface area contributed by atoms with Crippen molar-refractivity contribution in [3.05, 3.63) is 35.0 Å². The molecule has 0 amide bonds. The minimum Gasteiger partial charge on any atom is -0.478 e. The van der Waals surface area contributed by atoms with Crippen molar-refractivity contribution in [3.8, 4) is 0 Å². The van der Waals surface area contributed by atoms with Gasteiger partial charge in [-0.1, -0.05) is 11.6 Å². The predicted octanol–water partition coefficient (Wildman–Crippen LogP) is 2.38. The quantitative estimate of drug-likeness (QED) is 0.801. The van der Waals surface area contributed by atoms with Crippen LogP contribution < -0.4 is 5.32 Å². The fourth-order valence-electron chi connectivity index (χ4n) is 1.77. The average molecular weight is 281 g/mol. The second-order valence-electron chi connectivity index (χ2n) is 4.24. The second-order valence-corrected chi connectivity index (χ2v) is 4.68. The van der Waals surface area contributed by atoms with E-state index in [1.807, 2.05) is 0 Å². The third-order valence-electron chi connectivity index (χ3n) is 2.63. The first-order valence-corrected chi connectivity index (χ1v) is 6.10. The first kappa shape index (κ1) is 13.6. The minimum absolute atomic E-state index is 0.0513. The summed E-state index contributed by atoms with van der Waals surface area (Å²) in [5.74, 6) is -1.08. The molecule has 0 spiro atoms. The number of aromatic carboxylic acids is 1. The second kappa shape index (κ2) is 5.42. The summed E-state index contributed by atoms with van der Waals surface area (Å²) in [6.07, 6.45) is 0.701. The number of nitrogens with one attached hydrogen (secondary N) is 1. The summed E-state index contributed by atoms with van der Waals surface area (Å²) in [5.41, 5.74) is 1.11. The monoisotopic (exact) mass is 280 g/mol. The number of anilines is 1. The van der Waals surface area contributed by atoms with Crippen LogP contribution in [0.1, 0.15) is 17.3 Å². The molecular formula is C13H13ClN2O3. The van der Waals surface area contributed by atoms with Crippen LogP contribution in [-0.2, 0) is 0 Å². The summed E-state index contributed by atoms with van der Waals surface area (Å²) in [6, 6.07) is 5.06. The van der Waals surface area contributed by atoms with Gasteiger partial charge in [-0.3, -0.25) is 4.98 Å². The lowest BCUT2D eigenvalue weighted by Crippen LogP contribution is -2.17. The Morgan fingerprint density at radius 2 is 2.26 bits per heavy atom. The van der Waals surface area contributed by atoms with Crippen molar-refractivity contribution >= 4 is 34.2 Å². The number of benzene rings is 1. The van der Waals surface area contributed by atoms with E-state index in [0.29, 0.717) is 21.6 Å². The number of pyridine rings is 1. The molecule has 2 aromatic rings. The highest BCUT2D eigenvalue weighted by atomic mass is 35.5. The van der Waals surface area contributed by atoms with E-state index < -0.39 is 12.1 Å². The Kier molecular flexibility index (Phi) is 3.87. The van der Waals surface area contributed by atoms with E-state index in [9.17, 15) is 15.0 Å². The molecule has 1 unspecified atom stereocenters. The van der Waals surface area contributed by atoms with E-state index >= 15 is 0 Å². The Morgan fingerprint density at radius 3 is 2.89 bits per heavy atom. The molecule has 1 aromatic heterocycles. The number of carboxylic acids is 1. The molecule has 19 heavy (non-hydrogen) atoms. The van der Waals surface area contributed by atoms with Gasteiger partial charge in [-0.25, -0.2) is 4.79 Å². The van der Waals surface area contributed by atoms with Crippen molar-refractivity contribution in [2.75, 3.05) is 11.9 Å². The maximum absolute atomic E-state index is 11.2. The molecule has 1 atom stereocenters. The van der Waals surface area contributed by atoms with Gasteiger partial charge in [0.1, 0.15) is 5.56 Å². The standard InChI is InChI=1S/C13H13ClN2O3/c1-7(17)5-16-12-9-4-8(14)2-3-11(9)15-6-10(12)13(18)19/h2-4,6-7,17H,5H2,1H3,(H,15,16)(H,18,19). The van der Waals surface area contributed by atoms with Gasteiger partial charge in [-0.05, 0) is 25.1 Å². The average Bonchev–Trinajstić information content (AvgIpc) is 2.35. The molecule has 3 N–H and O–H groups in total. The molecule has 0 fully saturated rings. The van der Waals surface area contributed by atoms with Crippen LogP contribution in [0.2, 0.25) is 5.02 Å². The normalized spacial score (nSPS) is 12.4. The number of aliphatic hydroxyl groups excluding tert-OH is 1. The first-order valence-electron chi connectivity index (χ1n) is 5.72. The molecule has 0 aliphatic carbocycles. The summed E-state index contributed by atoms with van der Waals surface area (Å²) < 4.78 is 0. The van der Waals surface area contributed by atoms with Gasteiger partial charge in [0.25, 0.3) is 0 Å². The van der Waals surface area contributed by atoms with E-state index in [1.54, 1.807) is 25.1 Å². The number of hydrogen-bond acceptors (Lipinski definition) is 4. The Labute approximate surface area is 114 Å². The Balaban J connectivity index is 2.61. The number of carboxylic acid groups (broad SMARTS) is 1. The van der Waals surface area contributed by atoms with Crippen LogP contribution in [0.5, 0.6) is 0 Å². The summed E-state index contributed by atoms with van der Waals surface area (Å²) >= 11 is 5.93. The topological polar surface area (TPSA) is 82.5 Å². The Bertz CT molecular complexity index is 629. The van der Waals surface area contributed by atoms with Gasteiger partial charge >= 0.3 is 5.97 Å². The van der Waals surface area contributed by atoms with Gasteiger partial charge in [-0.15, -0.1) is 0 Å². The molecule has 100 valence electrons. The van der Waals surface area contributed by atoms with Gasteiger partial charge in [-0.2, -0.15) is 0 Å². The summed E-state index contributed by atoms with van der Waals surface area (Å²) in [4.78, 5) is 15.3. The van der Waals surface area contributed by atoms with Gasteiger partial charge in [0.05, 0.1) is 17.3 Å². The smallest absolute Gasteiger partial charge is 0.339 e. The molecule has 6 heteroatoms. The SMILES string of the molecule is CC(O)CNc1c(C(=O)O)cnc2ccc(Cl)cc12. The van der Waals surface area contributed by atoms with Gasteiger partial charge in [0, 0.05) is 23.2 Å². The summed E-state index contributed by atoms with van der Waals surface area (Å²) in [7, 11) is 0. The molecule has 2 rings (SSSR count). The zero-order valence-corrected chi connectivity index (χ0v) is 11.0. The van der Waals surface area contributed by atoms with Crippen LogP contribution in [0.25, 0.3) is 10.9 Å². The number of rotatable bonds is 4. The van der Waals surface area contributed by atoms with Crippen LogP contribution in [0.15, 0.2) is 24.4 Å². The van der Waals surface area contributed by atoms with Gasteiger partial charge in [0.15, 0.2) is 0 Å². The number of carbonyl (C=O) groups is 1. The molecule has 0 aliphatic heterocycles. The maximum atomic E-state index is 11.2. The van der Waals surface area contributed by atoms with Crippen LogP contribution >= 0.6 is 11.6 Å². The van der Waals surface area contributed by atoms with Gasteiger partial charge < -0.3 is 15.5 Å². The molecule has 1 aromatic carbocycles. The number of aromatic nitrogens is 1. The van der Waals surface area contributed by atoms with Crippen LogP contribution in [-0.4, -0.2) is 33.8 Å².